The van der Waals surface area contributed by atoms with E-state index in [0.717, 1.165) is 28.0 Å². The molecular formula is C17H20O2. The molecule has 0 heterocycles. The third-order valence-electron chi connectivity index (χ3n) is 3.49. The van der Waals surface area contributed by atoms with Crippen molar-refractivity contribution in [3.05, 3.63) is 64.7 Å². The van der Waals surface area contributed by atoms with Gasteiger partial charge in [0.15, 0.2) is 0 Å². The lowest BCUT2D eigenvalue weighted by Gasteiger charge is -2.28. The van der Waals surface area contributed by atoms with Crippen molar-refractivity contribution in [1.29, 1.82) is 0 Å². The van der Waals surface area contributed by atoms with Gasteiger partial charge in [-0.25, -0.2) is 0 Å². The summed E-state index contributed by atoms with van der Waals surface area (Å²) in [4.78, 5) is 0. The van der Waals surface area contributed by atoms with Crippen LogP contribution in [0.3, 0.4) is 0 Å². The Balaban J connectivity index is 2.64. The Kier molecular flexibility index (Phi) is 3.63. The zero-order chi connectivity index (χ0) is 14.0. The fraction of sp³-hybridized carbons (Fsp3) is 0.294. The van der Waals surface area contributed by atoms with Crippen LogP contribution in [0.1, 0.15) is 29.2 Å². The molecule has 2 aromatic rings. The molecule has 2 nitrogen and oxygen atoms in total. The first-order chi connectivity index (χ1) is 8.96. The molecule has 0 amide bonds. The van der Waals surface area contributed by atoms with Crippen LogP contribution in [0.5, 0.6) is 5.75 Å². The molecule has 0 spiro atoms. The van der Waals surface area contributed by atoms with Crippen molar-refractivity contribution in [3.63, 3.8) is 0 Å². The van der Waals surface area contributed by atoms with Gasteiger partial charge in [0.1, 0.15) is 11.4 Å². The van der Waals surface area contributed by atoms with Gasteiger partial charge in [0.2, 0.25) is 0 Å². The summed E-state index contributed by atoms with van der Waals surface area (Å²) in [5, 5.41) is 11.0. The predicted molar refractivity (Wildman–Crippen MR) is 77.6 cm³/mol. The minimum atomic E-state index is -1.07. The van der Waals surface area contributed by atoms with E-state index in [4.69, 9.17) is 4.74 Å². The quantitative estimate of drug-likeness (QED) is 0.909. The van der Waals surface area contributed by atoms with Crippen LogP contribution in [0.2, 0.25) is 0 Å². The minimum Gasteiger partial charge on any atom is -0.496 e. The molecule has 1 N–H and O–H groups in total. The number of rotatable bonds is 3. The third-order valence-corrected chi connectivity index (χ3v) is 3.49. The Hall–Kier alpha value is -1.80. The van der Waals surface area contributed by atoms with E-state index in [-0.39, 0.29) is 0 Å². The molecule has 2 rings (SSSR count). The summed E-state index contributed by atoms with van der Waals surface area (Å²) < 4.78 is 5.45. The van der Waals surface area contributed by atoms with E-state index in [0.29, 0.717) is 0 Å². The number of methoxy groups -OCH3 is 1. The third kappa shape index (κ3) is 2.49. The van der Waals surface area contributed by atoms with Gasteiger partial charge in [-0.2, -0.15) is 0 Å². The maximum Gasteiger partial charge on any atom is 0.125 e. The van der Waals surface area contributed by atoms with Crippen LogP contribution >= 0.6 is 0 Å². The van der Waals surface area contributed by atoms with E-state index < -0.39 is 5.60 Å². The van der Waals surface area contributed by atoms with Crippen molar-refractivity contribution < 1.29 is 9.84 Å². The Morgan fingerprint density at radius 2 is 1.68 bits per heavy atom. The van der Waals surface area contributed by atoms with Crippen LogP contribution < -0.4 is 4.74 Å². The lowest BCUT2D eigenvalue weighted by molar-refractivity contribution is 0.0982. The predicted octanol–water partition coefficient (Wildman–Crippen LogP) is 3.57. The Labute approximate surface area is 114 Å². The van der Waals surface area contributed by atoms with Crippen LogP contribution in [0, 0.1) is 13.8 Å². The van der Waals surface area contributed by atoms with Crippen LogP contribution in [0.15, 0.2) is 42.5 Å². The van der Waals surface area contributed by atoms with Gasteiger partial charge in [-0.15, -0.1) is 0 Å². The first-order valence-electron chi connectivity index (χ1n) is 6.40. The summed E-state index contributed by atoms with van der Waals surface area (Å²) in [6.45, 7) is 5.83. The largest absolute Gasteiger partial charge is 0.496 e. The molecule has 0 bridgehead atoms. The second-order valence-electron chi connectivity index (χ2n) is 5.10. The molecule has 1 unspecified atom stereocenters. The first kappa shape index (κ1) is 13.6. The highest BCUT2D eigenvalue weighted by Crippen LogP contribution is 2.38. The van der Waals surface area contributed by atoms with Crippen molar-refractivity contribution in [3.8, 4) is 5.75 Å². The summed E-state index contributed by atoms with van der Waals surface area (Å²) in [6.07, 6.45) is 0. The Morgan fingerprint density at radius 1 is 1.05 bits per heavy atom. The second-order valence-corrected chi connectivity index (χ2v) is 5.10. The van der Waals surface area contributed by atoms with Gasteiger partial charge < -0.3 is 9.84 Å². The van der Waals surface area contributed by atoms with Gasteiger partial charge in [0.25, 0.3) is 0 Å². The molecule has 2 aromatic carbocycles. The number of aryl methyl sites for hydroxylation is 2. The van der Waals surface area contributed by atoms with Gasteiger partial charge in [-0.1, -0.05) is 36.4 Å². The Morgan fingerprint density at radius 3 is 2.26 bits per heavy atom. The number of aliphatic hydroxyl groups is 1. The van der Waals surface area contributed by atoms with Gasteiger partial charge in [-0.05, 0) is 43.5 Å². The first-order valence-corrected chi connectivity index (χ1v) is 6.40. The molecule has 0 saturated heterocycles. The molecule has 0 saturated carbocycles. The lowest BCUT2D eigenvalue weighted by Crippen LogP contribution is -2.25. The van der Waals surface area contributed by atoms with E-state index in [1.165, 1.54) is 0 Å². The molecule has 0 aliphatic carbocycles. The standard InChI is InChI=1S/C17H20O2/c1-12-10-13(2)16(15(11-12)19-4)17(3,18)14-8-6-5-7-9-14/h5-11,18H,1-4H3. The number of benzene rings is 2. The highest BCUT2D eigenvalue weighted by Gasteiger charge is 2.30. The summed E-state index contributed by atoms with van der Waals surface area (Å²) in [6, 6.07) is 13.7. The van der Waals surface area contributed by atoms with Gasteiger partial charge >= 0.3 is 0 Å². The van der Waals surface area contributed by atoms with Gasteiger partial charge in [0, 0.05) is 5.56 Å². The molecule has 1 atom stereocenters. The fourth-order valence-corrected chi connectivity index (χ4v) is 2.62. The van der Waals surface area contributed by atoms with Crippen LogP contribution in [0.4, 0.5) is 0 Å². The van der Waals surface area contributed by atoms with Crippen molar-refractivity contribution in [1.82, 2.24) is 0 Å². The molecule has 0 fully saturated rings. The van der Waals surface area contributed by atoms with E-state index in [1.807, 2.05) is 57.2 Å². The average molecular weight is 256 g/mol. The molecule has 0 aromatic heterocycles. The number of ether oxygens (including phenoxy) is 1. The highest BCUT2D eigenvalue weighted by atomic mass is 16.5. The van der Waals surface area contributed by atoms with E-state index in [1.54, 1.807) is 7.11 Å². The van der Waals surface area contributed by atoms with E-state index >= 15 is 0 Å². The topological polar surface area (TPSA) is 29.5 Å². The molecule has 0 aliphatic heterocycles. The maximum absolute atomic E-state index is 11.0. The highest BCUT2D eigenvalue weighted by molar-refractivity contribution is 5.50. The lowest BCUT2D eigenvalue weighted by atomic mass is 9.84. The minimum absolute atomic E-state index is 0.728. The van der Waals surface area contributed by atoms with Crippen molar-refractivity contribution in [2.24, 2.45) is 0 Å². The normalized spacial score (nSPS) is 13.9. The van der Waals surface area contributed by atoms with Crippen LogP contribution in [0.25, 0.3) is 0 Å². The molecular weight excluding hydrogens is 236 g/mol. The summed E-state index contributed by atoms with van der Waals surface area (Å²) in [5.41, 5.74) is 2.78. The van der Waals surface area contributed by atoms with Gasteiger partial charge in [0.05, 0.1) is 7.11 Å². The van der Waals surface area contributed by atoms with Gasteiger partial charge in [-0.3, -0.25) is 0 Å². The monoisotopic (exact) mass is 256 g/mol. The maximum atomic E-state index is 11.0. The molecule has 0 radical (unpaired) electrons. The molecule has 0 aliphatic rings. The molecule has 19 heavy (non-hydrogen) atoms. The van der Waals surface area contributed by atoms with Crippen LogP contribution in [-0.4, -0.2) is 12.2 Å². The van der Waals surface area contributed by atoms with Crippen molar-refractivity contribution in [2.75, 3.05) is 7.11 Å². The van der Waals surface area contributed by atoms with Crippen molar-refractivity contribution >= 4 is 0 Å². The smallest absolute Gasteiger partial charge is 0.125 e. The molecule has 100 valence electrons. The summed E-state index contributed by atoms with van der Waals surface area (Å²) >= 11 is 0. The second kappa shape index (κ2) is 5.06. The van der Waals surface area contributed by atoms with Crippen LogP contribution in [-0.2, 0) is 5.60 Å². The Bertz CT molecular complexity index is 571. The average Bonchev–Trinajstić information content (AvgIpc) is 2.38. The zero-order valence-corrected chi connectivity index (χ0v) is 11.9. The summed E-state index contributed by atoms with van der Waals surface area (Å²) in [5.74, 6) is 0.728. The van der Waals surface area contributed by atoms with E-state index in [2.05, 4.69) is 6.07 Å². The van der Waals surface area contributed by atoms with Crippen molar-refractivity contribution in [2.45, 2.75) is 26.4 Å². The number of hydrogen-bond donors (Lipinski definition) is 1. The zero-order valence-electron chi connectivity index (χ0n) is 11.9. The van der Waals surface area contributed by atoms with E-state index in [9.17, 15) is 5.11 Å². The SMILES string of the molecule is COc1cc(C)cc(C)c1C(C)(O)c1ccccc1. The fourth-order valence-electron chi connectivity index (χ4n) is 2.62. The number of hydrogen-bond acceptors (Lipinski definition) is 2. The summed E-state index contributed by atoms with van der Waals surface area (Å²) in [7, 11) is 1.64. The molecule has 2 heteroatoms.